The van der Waals surface area contributed by atoms with E-state index in [1.165, 1.54) is 10.7 Å². The summed E-state index contributed by atoms with van der Waals surface area (Å²) in [4.78, 5) is 25.6. The number of amides is 2. The molecule has 1 aliphatic rings. The van der Waals surface area contributed by atoms with Crippen molar-refractivity contribution in [3.8, 4) is 17.0 Å². The maximum Gasteiger partial charge on any atom is 0.342 e. The highest BCUT2D eigenvalue weighted by molar-refractivity contribution is 6.42. The molecule has 0 saturated heterocycles. The van der Waals surface area contributed by atoms with Gasteiger partial charge in [-0.15, -0.1) is 0 Å². The van der Waals surface area contributed by atoms with Crippen molar-refractivity contribution in [1.29, 1.82) is 0 Å². The lowest BCUT2D eigenvalue weighted by molar-refractivity contribution is 0.102. The number of carbonyl (C=O) groups is 2. The van der Waals surface area contributed by atoms with Crippen molar-refractivity contribution in [2.24, 2.45) is 0 Å². The molecule has 1 fully saturated rings. The number of rotatable bonds is 6. The van der Waals surface area contributed by atoms with Crippen molar-refractivity contribution in [1.82, 2.24) is 15.1 Å². The molecule has 1 aromatic heterocycles. The number of nitrogens with zero attached hydrogens (tertiary/aromatic N) is 2. The lowest BCUT2D eigenvalue weighted by Crippen LogP contribution is -2.31. The van der Waals surface area contributed by atoms with Gasteiger partial charge in [-0.3, -0.25) is 4.79 Å². The number of halogens is 3. The van der Waals surface area contributed by atoms with Crippen LogP contribution in [0.4, 0.5) is 10.5 Å². The summed E-state index contributed by atoms with van der Waals surface area (Å²) in [6.45, 7) is 0.252. The van der Waals surface area contributed by atoms with Gasteiger partial charge in [0, 0.05) is 40.4 Å². The van der Waals surface area contributed by atoms with Gasteiger partial charge in [-0.2, -0.15) is 9.78 Å². The molecule has 1 saturated carbocycles. The Morgan fingerprint density at radius 3 is 2.37 bits per heavy atom. The maximum absolute atomic E-state index is 13.1. The van der Waals surface area contributed by atoms with Gasteiger partial charge >= 0.3 is 6.03 Å². The fourth-order valence-corrected chi connectivity index (χ4v) is 4.66. The zero-order chi connectivity index (χ0) is 26.8. The minimum absolute atomic E-state index is 0.0695. The Bertz CT molecular complexity index is 1510. The molecule has 0 unspecified atom stereocenters. The van der Waals surface area contributed by atoms with Gasteiger partial charge in [-0.25, -0.2) is 4.79 Å². The highest BCUT2D eigenvalue weighted by Crippen LogP contribution is 2.39. The largest absolute Gasteiger partial charge is 0.507 e. The van der Waals surface area contributed by atoms with Crippen molar-refractivity contribution in [3.05, 3.63) is 98.6 Å². The number of nitrogens with one attached hydrogen (secondary N) is 2. The number of anilines is 1. The average molecular weight is 570 g/mol. The Kier molecular flexibility index (Phi) is 7.61. The number of benzene rings is 3. The molecule has 5 rings (SSSR count). The first-order valence-corrected chi connectivity index (χ1v) is 13.1. The third-order valence-corrected chi connectivity index (χ3v) is 7.51. The molecule has 0 atom stereocenters. The van der Waals surface area contributed by atoms with Crippen LogP contribution in [0.2, 0.25) is 15.1 Å². The fraction of sp³-hybridized carbons (Fsp3) is 0.179. The van der Waals surface area contributed by atoms with Gasteiger partial charge < -0.3 is 15.7 Å². The molecule has 0 radical (unpaired) electrons. The molecule has 0 spiro atoms. The number of aromatic nitrogens is 2. The van der Waals surface area contributed by atoms with Crippen LogP contribution < -0.4 is 10.6 Å². The second-order valence-corrected chi connectivity index (χ2v) is 10.3. The van der Waals surface area contributed by atoms with Crippen molar-refractivity contribution >= 4 is 52.4 Å². The van der Waals surface area contributed by atoms with E-state index in [2.05, 4.69) is 15.7 Å². The summed E-state index contributed by atoms with van der Waals surface area (Å²) in [6, 6.07) is 17.9. The first-order valence-electron chi connectivity index (χ1n) is 12.0. The maximum atomic E-state index is 13.1. The highest BCUT2D eigenvalue weighted by atomic mass is 35.5. The minimum atomic E-state index is -0.379. The van der Waals surface area contributed by atoms with E-state index in [4.69, 9.17) is 34.8 Å². The topological polar surface area (TPSA) is 96.3 Å². The molecule has 2 amide bonds. The van der Waals surface area contributed by atoms with Gasteiger partial charge in [0.15, 0.2) is 0 Å². The lowest BCUT2D eigenvalue weighted by atomic mass is 9.82. The molecule has 0 bridgehead atoms. The monoisotopic (exact) mass is 568 g/mol. The summed E-state index contributed by atoms with van der Waals surface area (Å²) in [6.07, 6.45) is 3.02. The number of carbonyl (C=O) groups excluding carboxylic acids is 2. The fourth-order valence-electron chi connectivity index (χ4n) is 4.22. The second kappa shape index (κ2) is 11.1. The van der Waals surface area contributed by atoms with E-state index in [9.17, 15) is 14.7 Å². The summed E-state index contributed by atoms with van der Waals surface area (Å²) < 4.78 is 1.37. The smallest absolute Gasteiger partial charge is 0.342 e. The van der Waals surface area contributed by atoms with Crippen molar-refractivity contribution in [2.45, 2.75) is 31.7 Å². The van der Waals surface area contributed by atoms with Gasteiger partial charge in [-0.05, 0) is 73.0 Å². The van der Waals surface area contributed by atoms with Crippen LogP contribution in [0.1, 0.15) is 46.8 Å². The highest BCUT2D eigenvalue weighted by Gasteiger charge is 2.27. The Hall–Kier alpha value is -3.52. The van der Waals surface area contributed by atoms with Crippen LogP contribution >= 0.6 is 34.8 Å². The second-order valence-electron chi connectivity index (χ2n) is 9.09. The van der Waals surface area contributed by atoms with Gasteiger partial charge in [-0.1, -0.05) is 47.3 Å². The van der Waals surface area contributed by atoms with Crippen molar-refractivity contribution in [2.75, 3.05) is 5.32 Å². The summed E-state index contributed by atoms with van der Waals surface area (Å²) in [5, 5.41) is 22.3. The zero-order valence-corrected chi connectivity index (χ0v) is 22.3. The Morgan fingerprint density at radius 2 is 1.71 bits per heavy atom. The molecule has 38 heavy (non-hydrogen) atoms. The Balaban J connectivity index is 1.35. The van der Waals surface area contributed by atoms with E-state index in [0.29, 0.717) is 37.6 Å². The predicted octanol–water partition coefficient (Wildman–Crippen LogP) is 7.49. The molecule has 3 aromatic carbocycles. The Labute approximate surface area is 234 Å². The van der Waals surface area contributed by atoms with Gasteiger partial charge in [0.1, 0.15) is 5.75 Å². The molecule has 0 aliphatic heterocycles. The molecule has 1 heterocycles. The third-order valence-electron chi connectivity index (χ3n) is 6.52. The standard InChI is InChI=1S/C28H23Cl3N4O3/c29-19-7-5-18(6-8-19)27(37)33-20-9-10-21(26(36)13-20)24-14-25(17-2-1-3-17)35(34-24)28(38)32-15-16-4-11-22(30)23(31)12-16/h4-14,17,36H,1-3,15H2,(H,32,38)(H,33,37). The van der Waals surface area contributed by atoms with Crippen LogP contribution in [-0.2, 0) is 6.54 Å². The van der Waals surface area contributed by atoms with E-state index in [1.807, 2.05) is 6.07 Å². The first kappa shape index (κ1) is 26.1. The summed E-state index contributed by atoms with van der Waals surface area (Å²) in [7, 11) is 0. The normalized spacial score (nSPS) is 13.1. The van der Waals surface area contributed by atoms with Gasteiger partial charge in [0.05, 0.1) is 21.4 Å². The van der Waals surface area contributed by atoms with Crippen LogP contribution in [0.5, 0.6) is 5.75 Å². The first-order chi connectivity index (χ1) is 18.3. The summed E-state index contributed by atoms with van der Waals surface area (Å²) >= 11 is 18.0. The quantitative estimate of drug-likeness (QED) is 0.224. The minimum Gasteiger partial charge on any atom is -0.507 e. The Morgan fingerprint density at radius 1 is 0.947 bits per heavy atom. The molecule has 7 nitrogen and oxygen atoms in total. The molecular weight excluding hydrogens is 547 g/mol. The van der Waals surface area contributed by atoms with E-state index in [0.717, 1.165) is 30.5 Å². The SMILES string of the molecule is O=C(Nc1ccc(-c2cc(C3CCC3)n(C(=O)NCc3ccc(Cl)c(Cl)c3)n2)c(O)c1)c1ccc(Cl)cc1. The molecular formula is C28H23Cl3N4O3. The summed E-state index contributed by atoms with van der Waals surface area (Å²) in [5.41, 5.74) is 3.37. The van der Waals surface area contributed by atoms with Crippen LogP contribution in [0, 0.1) is 0 Å². The van der Waals surface area contributed by atoms with Crippen LogP contribution in [0.25, 0.3) is 11.3 Å². The zero-order valence-electron chi connectivity index (χ0n) is 20.0. The van der Waals surface area contributed by atoms with E-state index in [1.54, 1.807) is 54.6 Å². The van der Waals surface area contributed by atoms with Crippen LogP contribution in [0.15, 0.2) is 66.7 Å². The molecule has 10 heteroatoms. The van der Waals surface area contributed by atoms with Crippen molar-refractivity contribution in [3.63, 3.8) is 0 Å². The summed E-state index contributed by atoms with van der Waals surface area (Å²) in [5.74, 6) is -0.184. The number of phenolic OH excluding ortho intramolecular Hbond substituents is 1. The molecule has 3 N–H and O–H groups in total. The number of phenols is 1. The number of hydrogen-bond donors (Lipinski definition) is 3. The van der Waals surface area contributed by atoms with Gasteiger partial charge in [0.2, 0.25) is 0 Å². The molecule has 1 aliphatic carbocycles. The third kappa shape index (κ3) is 5.65. The molecule has 4 aromatic rings. The van der Waals surface area contributed by atoms with E-state index >= 15 is 0 Å². The number of hydrogen-bond acceptors (Lipinski definition) is 4. The lowest BCUT2D eigenvalue weighted by Gasteiger charge is -2.25. The van der Waals surface area contributed by atoms with E-state index in [-0.39, 0.29) is 30.2 Å². The average Bonchev–Trinajstić information content (AvgIpc) is 3.28. The van der Waals surface area contributed by atoms with E-state index < -0.39 is 0 Å². The van der Waals surface area contributed by atoms with Crippen LogP contribution in [0.3, 0.4) is 0 Å². The van der Waals surface area contributed by atoms with Gasteiger partial charge in [0.25, 0.3) is 5.91 Å². The van der Waals surface area contributed by atoms with Crippen LogP contribution in [-0.4, -0.2) is 26.8 Å². The number of aromatic hydroxyl groups is 1. The predicted molar refractivity (Wildman–Crippen MR) is 149 cm³/mol. The van der Waals surface area contributed by atoms with Crippen molar-refractivity contribution < 1.29 is 14.7 Å². The molecule has 194 valence electrons.